The first kappa shape index (κ1) is 17.8. The maximum atomic E-state index is 6.62. The molecule has 1 fully saturated rings. The van der Waals surface area contributed by atoms with E-state index in [-0.39, 0.29) is 0 Å². The monoisotopic (exact) mass is 375 g/mol. The van der Waals surface area contributed by atoms with Gasteiger partial charge in [0.25, 0.3) is 0 Å². The average molecular weight is 376 g/mol. The fourth-order valence-electron chi connectivity index (χ4n) is 4.41. The van der Waals surface area contributed by atoms with Gasteiger partial charge in [-0.15, -0.1) is 0 Å². The number of rotatable bonds is 7. The molecule has 0 saturated heterocycles. The molecule has 4 rings (SSSR count). The standard InChI is InChI=1S/C24H24ClN2/c1-3-5-14-26-15-13-19(20(25)4-2)23-22-18-11-7-6-10-17(18)21-12-8-9-16-27(21)24(22)23/h3-12,14,16,22-24,26H,1-2,13,15H2/q+1/b14-5-,20-19-. The van der Waals surface area contributed by atoms with Crippen LogP contribution in [0.15, 0.2) is 96.9 Å². The number of halogens is 1. The number of nitrogens with zero attached hydrogens (tertiary/aromatic N) is 1. The van der Waals surface area contributed by atoms with Crippen molar-refractivity contribution in [1.82, 2.24) is 5.32 Å². The van der Waals surface area contributed by atoms with Crippen LogP contribution in [0.5, 0.6) is 0 Å². The van der Waals surface area contributed by atoms with Crippen LogP contribution in [0.4, 0.5) is 0 Å². The van der Waals surface area contributed by atoms with Gasteiger partial charge in [0, 0.05) is 29.3 Å². The van der Waals surface area contributed by atoms with Gasteiger partial charge in [-0.2, -0.15) is 4.57 Å². The summed E-state index contributed by atoms with van der Waals surface area (Å²) in [6, 6.07) is 15.6. The number of hydrogen-bond acceptors (Lipinski definition) is 1. The second kappa shape index (κ2) is 7.58. The second-order valence-electron chi connectivity index (χ2n) is 7.00. The van der Waals surface area contributed by atoms with Crippen molar-refractivity contribution in [2.45, 2.75) is 18.4 Å². The van der Waals surface area contributed by atoms with Crippen LogP contribution >= 0.6 is 11.6 Å². The third-order valence-corrected chi connectivity index (χ3v) is 5.96. The molecule has 3 heteroatoms. The van der Waals surface area contributed by atoms with Crippen molar-refractivity contribution in [2.75, 3.05) is 6.54 Å². The smallest absolute Gasteiger partial charge is 0.213 e. The van der Waals surface area contributed by atoms with Crippen LogP contribution in [0, 0.1) is 5.92 Å². The van der Waals surface area contributed by atoms with Crippen molar-refractivity contribution in [3.63, 3.8) is 0 Å². The van der Waals surface area contributed by atoms with Gasteiger partial charge in [0.05, 0.1) is 11.8 Å². The van der Waals surface area contributed by atoms with Crippen molar-refractivity contribution in [2.24, 2.45) is 5.92 Å². The summed E-state index contributed by atoms with van der Waals surface area (Å²) >= 11 is 6.62. The summed E-state index contributed by atoms with van der Waals surface area (Å²) in [6.45, 7) is 8.44. The van der Waals surface area contributed by atoms with Gasteiger partial charge in [-0.05, 0) is 42.0 Å². The van der Waals surface area contributed by atoms with Crippen LogP contribution < -0.4 is 9.88 Å². The summed E-state index contributed by atoms with van der Waals surface area (Å²) in [6.07, 6.45) is 10.5. The van der Waals surface area contributed by atoms with Crippen LogP contribution in [-0.2, 0) is 0 Å². The lowest BCUT2D eigenvalue weighted by Crippen LogP contribution is -2.38. The van der Waals surface area contributed by atoms with Gasteiger partial charge in [0.2, 0.25) is 5.69 Å². The highest BCUT2D eigenvalue weighted by molar-refractivity contribution is 6.31. The van der Waals surface area contributed by atoms with Gasteiger partial charge in [-0.1, -0.05) is 55.1 Å². The van der Waals surface area contributed by atoms with Crippen molar-refractivity contribution < 1.29 is 4.57 Å². The summed E-state index contributed by atoms with van der Waals surface area (Å²) in [7, 11) is 0. The average Bonchev–Trinajstić information content (AvgIpc) is 3.46. The molecule has 2 aromatic rings. The third-order valence-electron chi connectivity index (χ3n) is 5.57. The lowest BCUT2D eigenvalue weighted by molar-refractivity contribution is -0.694. The number of fused-ring (bicyclic) bond motifs is 6. The maximum absolute atomic E-state index is 6.62. The molecule has 1 saturated carbocycles. The normalized spacial score (nSPS) is 22.9. The summed E-state index contributed by atoms with van der Waals surface area (Å²) in [5, 5.41) is 4.10. The maximum Gasteiger partial charge on any atom is 0.213 e. The number of benzene rings is 1. The predicted molar refractivity (Wildman–Crippen MR) is 112 cm³/mol. The molecular weight excluding hydrogens is 352 g/mol. The molecular formula is C24H24ClN2+. The molecule has 2 heterocycles. The van der Waals surface area contributed by atoms with Gasteiger partial charge in [-0.3, -0.25) is 0 Å². The van der Waals surface area contributed by atoms with E-state index < -0.39 is 0 Å². The van der Waals surface area contributed by atoms with Crippen LogP contribution in [0.2, 0.25) is 0 Å². The number of allylic oxidation sites excluding steroid dienone is 4. The lowest BCUT2D eigenvalue weighted by atomic mass is 9.95. The Morgan fingerprint density at radius 1 is 1.15 bits per heavy atom. The lowest BCUT2D eigenvalue weighted by Gasteiger charge is -2.12. The molecule has 1 aromatic heterocycles. The van der Waals surface area contributed by atoms with Crippen molar-refractivity contribution in [1.29, 1.82) is 0 Å². The molecule has 3 unspecified atom stereocenters. The molecule has 0 amide bonds. The molecule has 1 aliphatic heterocycles. The summed E-state index contributed by atoms with van der Waals surface area (Å²) < 4.78 is 2.43. The van der Waals surface area contributed by atoms with E-state index in [0.717, 1.165) is 18.0 Å². The van der Waals surface area contributed by atoms with E-state index in [2.05, 4.69) is 71.7 Å². The molecule has 1 N–H and O–H groups in total. The highest BCUT2D eigenvalue weighted by Gasteiger charge is 2.63. The minimum atomic E-state index is 0.412. The van der Waals surface area contributed by atoms with Crippen LogP contribution in [0.25, 0.3) is 11.3 Å². The Morgan fingerprint density at radius 2 is 1.96 bits per heavy atom. The molecule has 1 aliphatic carbocycles. The molecule has 1 aromatic carbocycles. The number of aromatic nitrogens is 1. The van der Waals surface area contributed by atoms with E-state index >= 15 is 0 Å². The molecule has 2 aliphatic rings. The van der Waals surface area contributed by atoms with Gasteiger partial charge in [0.15, 0.2) is 12.2 Å². The van der Waals surface area contributed by atoms with E-state index in [4.69, 9.17) is 11.6 Å². The highest BCUT2D eigenvalue weighted by atomic mass is 35.5. The molecule has 136 valence electrons. The molecule has 0 radical (unpaired) electrons. The van der Waals surface area contributed by atoms with Gasteiger partial charge >= 0.3 is 0 Å². The van der Waals surface area contributed by atoms with Crippen LogP contribution in [0.3, 0.4) is 0 Å². The minimum Gasteiger partial charge on any atom is -0.391 e. The van der Waals surface area contributed by atoms with E-state index in [1.165, 1.54) is 22.4 Å². The Morgan fingerprint density at radius 3 is 2.78 bits per heavy atom. The second-order valence-corrected chi connectivity index (χ2v) is 7.41. The predicted octanol–water partition coefficient (Wildman–Crippen LogP) is 5.27. The molecule has 3 atom stereocenters. The Kier molecular flexibility index (Phi) is 5.00. The van der Waals surface area contributed by atoms with Crippen molar-refractivity contribution in [3.8, 4) is 11.3 Å². The Balaban J connectivity index is 1.68. The summed E-state index contributed by atoms with van der Waals surface area (Å²) in [5.41, 5.74) is 5.35. The summed E-state index contributed by atoms with van der Waals surface area (Å²) in [4.78, 5) is 0. The Hall–Kier alpha value is -2.58. The van der Waals surface area contributed by atoms with Crippen molar-refractivity contribution >= 4 is 11.6 Å². The zero-order chi connectivity index (χ0) is 18.8. The number of nitrogens with one attached hydrogen (secondary N) is 1. The molecule has 0 bridgehead atoms. The van der Waals surface area contributed by atoms with Crippen LogP contribution in [-0.4, -0.2) is 6.54 Å². The highest BCUT2D eigenvalue weighted by Crippen LogP contribution is 2.63. The van der Waals surface area contributed by atoms with Crippen LogP contribution in [0.1, 0.15) is 23.9 Å². The van der Waals surface area contributed by atoms with E-state index in [9.17, 15) is 0 Å². The fourth-order valence-corrected chi connectivity index (χ4v) is 4.63. The quantitative estimate of drug-likeness (QED) is 0.396. The number of pyridine rings is 1. The topological polar surface area (TPSA) is 15.9 Å². The summed E-state index contributed by atoms with van der Waals surface area (Å²) in [5.74, 6) is 0.893. The van der Waals surface area contributed by atoms with Gasteiger partial charge in [0.1, 0.15) is 0 Å². The van der Waals surface area contributed by atoms with E-state index in [0.29, 0.717) is 17.9 Å². The molecule has 27 heavy (non-hydrogen) atoms. The zero-order valence-electron chi connectivity index (χ0n) is 15.3. The van der Waals surface area contributed by atoms with E-state index in [1.807, 2.05) is 12.3 Å². The van der Waals surface area contributed by atoms with E-state index in [1.54, 1.807) is 12.2 Å². The van der Waals surface area contributed by atoms with Crippen molar-refractivity contribution in [3.05, 3.63) is 102 Å². The Bertz CT molecular complexity index is 889. The third kappa shape index (κ3) is 3.15. The first-order valence-corrected chi connectivity index (χ1v) is 9.77. The van der Waals surface area contributed by atoms with Gasteiger partial charge in [-0.25, -0.2) is 0 Å². The zero-order valence-corrected chi connectivity index (χ0v) is 16.1. The first-order chi connectivity index (χ1) is 13.3. The minimum absolute atomic E-state index is 0.412. The Labute approximate surface area is 166 Å². The molecule has 0 spiro atoms. The SMILES string of the molecule is C=C/C=C\NCC/C(=C(/Cl)C=C)C1C2c3ccccc3-c3cccc[n+]3C12. The fraction of sp³-hybridized carbons (Fsp3) is 0.208. The largest absolute Gasteiger partial charge is 0.391 e. The number of hydrogen-bond donors (Lipinski definition) is 1. The van der Waals surface area contributed by atoms with Gasteiger partial charge < -0.3 is 5.32 Å². The molecule has 2 nitrogen and oxygen atoms in total. The first-order valence-electron chi connectivity index (χ1n) is 9.39.